The molecule has 3 rings (SSSR count). The molecule has 3 N–H and O–H groups in total. The number of benzene rings is 2. The summed E-state index contributed by atoms with van der Waals surface area (Å²) in [6, 6.07) is 13.1. The van der Waals surface area contributed by atoms with Gasteiger partial charge in [-0.25, -0.2) is 14.4 Å². The van der Waals surface area contributed by atoms with E-state index < -0.39 is 18.0 Å². The van der Waals surface area contributed by atoms with Gasteiger partial charge in [0, 0.05) is 30.7 Å². The monoisotopic (exact) mass is 480 g/mol. The average Bonchev–Trinajstić information content (AvgIpc) is 2.81. The van der Waals surface area contributed by atoms with Gasteiger partial charge >= 0.3 is 18.0 Å². The fourth-order valence-corrected chi connectivity index (χ4v) is 3.90. The number of esters is 1. The molecule has 1 aliphatic rings. The van der Waals surface area contributed by atoms with Gasteiger partial charge in [0.05, 0.1) is 18.2 Å². The molecule has 0 radical (unpaired) electrons. The molecule has 9 heteroatoms. The third-order valence-electron chi connectivity index (χ3n) is 5.54. The predicted octanol–water partition coefficient (Wildman–Crippen LogP) is 4.58. The van der Waals surface area contributed by atoms with E-state index in [0.29, 0.717) is 34.8 Å². The van der Waals surface area contributed by atoms with Crippen molar-refractivity contribution in [1.82, 2.24) is 10.2 Å². The Bertz CT molecular complexity index is 1110. The van der Waals surface area contributed by atoms with Crippen molar-refractivity contribution >= 4 is 29.4 Å². The van der Waals surface area contributed by atoms with E-state index in [4.69, 9.17) is 9.47 Å². The Morgan fingerprint density at radius 1 is 1.03 bits per heavy atom. The van der Waals surface area contributed by atoms with E-state index >= 15 is 0 Å². The second-order valence-electron chi connectivity index (χ2n) is 8.24. The number of ether oxygens (including phenoxy) is 2. The second-order valence-corrected chi connectivity index (χ2v) is 8.24. The van der Waals surface area contributed by atoms with Crippen LogP contribution in [-0.4, -0.2) is 49.8 Å². The van der Waals surface area contributed by atoms with Gasteiger partial charge in [-0.3, -0.25) is 4.90 Å². The van der Waals surface area contributed by atoms with Crippen molar-refractivity contribution in [1.29, 1.82) is 0 Å². The number of nitrogens with one attached hydrogen (secondary N) is 3. The Balaban J connectivity index is 1.85. The number of amides is 4. The van der Waals surface area contributed by atoms with Crippen LogP contribution in [0.4, 0.5) is 21.0 Å². The maximum absolute atomic E-state index is 13.0. The van der Waals surface area contributed by atoms with Crippen LogP contribution in [0.2, 0.25) is 0 Å². The zero-order valence-electron chi connectivity index (χ0n) is 20.5. The lowest BCUT2D eigenvalue weighted by molar-refractivity contribution is -0.140. The summed E-state index contributed by atoms with van der Waals surface area (Å²) in [6.07, 6.45) is 0.733. The van der Waals surface area contributed by atoms with Crippen molar-refractivity contribution in [2.45, 2.75) is 33.2 Å². The minimum atomic E-state index is -0.729. The molecule has 2 aromatic rings. The first-order chi connectivity index (χ1) is 16.8. The first-order valence-corrected chi connectivity index (χ1v) is 11.5. The van der Waals surface area contributed by atoms with Crippen LogP contribution in [0, 0.1) is 6.92 Å². The van der Waals surface area contributed by atoms with Gasteiger partial charge in [-0.15, -0.1) is 0 Å². The van der Waals surface area contributed by atoms with Gasteiger partial charge in [0.25, 0.3) is 0 Å². The van der Waals surface area contributed by atoms with Gasteiger partial charge in [0.15, 0.2) is 0 Å². The number of aryl methyl sites for hydroxylation is 1. The van der Waals surface area contributed by atoms with Crippen LogP contribution < -0.4 is 16.0 Å². The van der Waals surface area contributed by atoms with Crippen LogP contribution in [0.15, 0.2) is 59.8 Å². The molecule has 1 unspecified atom stereocenters. The van der Waals surface area contributed by atoms with Gasteiger partial charge < -0.3 is 25.4 Å². The maximum Gasteiger partial charge on any atom is 0.338 e. The van der Waals surface area contributed by atoms with Crippen molar-refractivity contribution in [3.8, 4) is 0 Å². The van der Waals surface area contributed by atoms with Crippen molar-refractivity contribution in [3.63, 3.8) is 0 Å². The first-order valence-electron chi connectivity index (χ1n) is 11.5. The number of carbonyl (C=O) groups excluding carboxylic acids is 3. The van der Waals surface area contributed by atoms with Gasteiger partial charge in [0.1, 0.15) is 6.61 Å². The molecule has 1 heterocycles. The van der Waals surface area contributed by atoms with Gasteiger partial charge in [-0.1, -0.05) is 31.2 Å². The SMILES string of the molecule is CCCN1C(=O)NC(c2cccc(NC(=O)Nc3cccc(C)c3)c2)C(C(=O)OCCOC)=C1C. The van der Waals surface area contributed by atoms with E-state index in [1.807, 2.05) is 32.0 Å². The zero-order valence-corrected chi connectivity index (χ0v) is 20.5. The van der Waals surface area contributed by atoms with Crippen LogP contribution in [0.25, 0.3) is 0 Å². The summed E-state index contributed by atoms with van der Waals surface area (Å²) in [6.45, 7) is 6.48. The molecule has 0 aromatic heterocycles. The smallest absolute Gasteiger partial charge is 0.338 e. The molecule has 9 nitrogen and oxygen atoms in total. The molecule has 0 saturated carbocycles. The van der Waals surface area contributed by atoms with Crippen molar-refractivity contribution < 1.29 is 23.9 Å². The van der Waals surface area contributed by atoms with Crippen molar-refractivity contribution in [3.05, 3.63) is 70.9 Å². The van der Waals surface area contributed by atoms with E-state index in [1.165, 1.54) is 7.11 Å². The number of methoxy groups -OCH3 is 1. The van der Waals surface area contributed by atoms with Crippen LogP contribution in [0.1, 0.15) is 37.4 Å². The fraction of sp³-hybridized carbons (Fsp3) is 0.346. The van der Waals surface area contributed by atoms with Crippen LogP contribution >= 0.6 is 0 Å². The number of allylic oxidation sites excluding steroid dienone is 1. The minimum Gasteiger partial charge on any atom is -0.460 e. The van der Waals surface area contributed by atoms with Gasteiger partial charge in [-0.2, -0.15) is 0 Å². The van der Waals surface area contributed by atoms with Gasteiger partial charge in [-0.05, 0) is 55.7 Å². The largest absolute Gasteiger partial charge is 0.460 e. The third kappa shape index (κ3) is 6.60. The molecule has 0 fully saturated rings. The number of urea groups is 2. The molecule has 4 amide bonds. The Kier molecular flexibility index (Phi) is 8.86. The lowest BCUT2D eigenvalue weighted by atomic mass is 9.94. The summed E-state index contributed by atoms with van der Waals surface area (Å²) in [5.74, 6) is -0.527. The highest BCUT2D eigenvalue weighted by molar-refractivity contribution is 6.00. The highest BCUT2D eigenvalue weighted by atomic mass is 16.6. The van der Waals surface area contributed by atoms with E-state index in [0.717, 1.165) is 12.0 Å². The Morgan fingerprint density at radius 2 is 1.71 bits per heavy atom. The topological polar surface area (TPSA) is 109 Å². The summed E-state index contributed by atoms with van der Waals surface area (Å²) in [4.78, 5) is 39.9. The molecule has 0 saturated heterocycles. The molecule has 35 heavy (non-hydrogen) atoms. The third-order valence-corrected chi connectivity index (χ3v) is 5.54. The molecule has 2 aromatic carbocycles. The van der Waals surface area contributed by atoms with Crippen LogP contribution in [0.3, 0.4) is 0 Å². The fourth-order valence-electron chi connectivity index (χ4n) is 3.90. The molecule has 0 aliphatic carbocycles. The zero-order chi connectivity index (χ0) is 25.4. The van der Waals surface area contributed by atoms with E-state index in [2.05, 4.69) is 16.0 Å². The normalized spacial score (nSPS) is 15.5. The summed E-state index contributed by atoms with van der Waals surface area (Å²) in [5, 5.41) is 8.52. The quantitative estimate of drug-likeness (QED) is 0.360. The molecule has 1 aliphatic heterocycles. The number of rotatable bonds is 9. The van der Waals surface area contributed by atoms with Crippen molar-refractivity contribution in [2.75, 3.05) is 37.5 Å². The van der Waals surface area contributed by atoms with Crippen LogP contribution in [-0.2, 0) is 14.3 Å². The summed E-state index contributed by atoms with van der Waals surface area (Å²) in [7, 11) is 1.53. The highest BCUT2D eigenvalue weighted by Crippen LogP contribution is 2.32. The Morgan fingerprint density at radius 3 is 2.37 bits per heavy atom. The predicted molar refractivity (Wildman–Crippen MR) is 134 cm³/mol. The summed E-state index contributed by atoms with van der Waals surface area (Å²) >= 11 is 0. The van der Waals surface area contributed by atoms with E-state index in [1.54, 1.807) is 42.2 Å². The van der Waals surface area contributed by atoms with Crippen LogP contribution in [0.5, 0.6) is 0 Å². The number of hydrogen-bond acceptors (Lipinski definition) is 5. The highest BCUT2D eigenvalue weighted by Gasteiger charge is 2.36. The lowest BCUT2D eigenvalue weighted by Gasteiger charge is -2.35. The summed E-state index contributed by atoms with van der Waals surface area (Å²) in [5.41, 5.74) is 3.74. The molecular formula is C26H32N4O5. The standard InChI is InChI=1S/C26H32N4O5/c1-5-12-30-18(3)22(24(31)35-14-13-34-4)23(29-26(30)33)19-9-7-11-21(16-19)28-25(32)27-20-10-6-8-17(2)15-20/h6-11,15-16,23H,5,12-14H2,1-4H3,(H,29,33)(H2,27,28,32). The molecular weight excluding hydrogens is 448 g/mol. The molecule has 186 valence electrons. The number of anilines is 2. The van der Waals surface area contributed by atoms with Crippen molar-refractivity contribution in [2.24, 2.45) is 0 Å². The van der Waals surface area contributed by atoms with Gasteiger partial charge in [0.2, 0.25) is 0 Å². The molecule has 1 atom stereocenters. The molecule has 0 bridgehead atoms. The maximum atomic E-state index is 13.0. The Labute approximate surface area is 205 Å². The first kappa shape index (κ1) is 25.8. The Hall–Kier alpha value is -3.85. The molecule has 0 spiro atoms. The number of hydrogen-bond donors (Lipinski definition) is 3. The summed E-state index contributed by atoms with van der Waals surface area (Å²) < 4.78 is 10.4. The minimum absolute atomic E-state index is 0.0985. The number of carbonyl (C=O) groups is 3. The number of nitrogens with zero attached hydrogens (tertiary/aromatic N) is 1. The average molecular weight is 481 g/mol. The second kappa shape index (κ2) is 12.0. The van der Waals surface area contributed by atoms with E-state index in [9.17, 15) is 14.4 Å². The lowest BCUT2D eigenvalue weighted by Crippen LogP contribution is -2.48. The van der Waals surface area contributed by atoms with E-state index in [-0.39, 0.29) is 19.2 Å².